The van der Waals surface area contributed by atoms with Crippen molar-refractivity contribution >= 4 is 26.4 Å². The van der Waals surface area contributed by atoms with E-state index < -0.39 is 0 Å². The standard InChI is InChI=1S/C9H7IO3/c10-9(11)4-6-1-2-7-8(3-6)13-5-12-7/h1-3H,4-5H2. The molecule has 0 fully saturated rings. The molecule has 0 N–H and O–H groups in total. The average Bonchev–Trinajstić information content (AvgIpc) is 2.49. The molecule has 0 bridgehead atoms. The molecule has 0 amide bonds. The van der Waals surface area contributed by atoms with Gasteiger partial charge in [-0.15, -0.1) is 0 Å². The lowest BCUT2D eigenvalue weighted by Crippen LogP contribution is -1.93. The molecule has 0 unspecified atom stereocenters. The molecule has 0 saturated heterocycles. The summed E-state index contributed by atoms with van der Waals surface area (Å²) < 4.78 is 10.5. The number of benzene rings is 1. The zero-order valence-electron chi connectivity index (χ0n) is 6.75. The maximum atomic E-state index is 10.8. The lowest BCUT2D eigenvalue weighted by molar-refractivity contribution is -0.108. The van der Waals surface area contributed by atoms with Gasteiger partial charge in [0, 0.05) is 6.42 Å². The van der Waals surface area contributed by atoms with E-state index in [0.29, 0.717) is 6.42 Å². The lowest BCUT2D eigenvalue weighted by Gasteiger charge is -1.98. The first-order chi connectivity index (χ1) is 6.25. The molecular weight excluding hydrogens is 283 g/mol. The SMILES string of the molecule is O=C(I)Cc1ccc2c(c1)OCO2. The summed E-state index contributed by atoms with van der Waals surface area (Å²) in [6.07, 6.45) is 0.442. The fraction of sp³-hybridized carbons (Fsp3) is 0.222. The Bertz CT molecular complexity index is 349. The number of carbonyl (C=O) groups is 1. The summed E-state index contributed by atoms with van der Waals surface area (Å²) in [5.74, 6) is 1.49. The molecule has 1 heterocycles. The van der Waals surface area contributed by atoms with Crippen molar-refractivity contribution < 1.29 is 14.3 Å². The van der Waals surface area contributed by atoms with E-state index in [4.69, 9.17) is 9.47 Å². The number of rotatable bonds is 2. The summed E-state index contributed by atoms with van der Waals surface area (Å²) in [5, 5.41) is 0. The Kier molecular flexibility index (Phi) is 2.39. The molecule has 1 aliphatic heterocycles. The smallest absolute Gasteiger partial charge is 0.231 e. The monoisotopic (exact) mass is 290 g/mol. The van der Waals surface area contributed by atoms with Crippen LogP contribution in [0.4, 0.5) is 0 Å². The van der Waals surface area contributed by atoms with Gasteiger partial charge in [0.25, 0.3) is 0 Å². The van der Waals surface area contributed by atoms with Gasteiger partial charge in [0.05, 0.1) is 0 Å². The van der Waals surface area contributed by atoms with Crippen LogP contribution in [0.3, 0.4) is 0 Å². The van der Waals surface area contributed by atoms with Gasteiger partial charge >= 0.3 is 0 Å². The van der Waals surface area contributed by atoms with E-state index in [0.717, 1.165) is 17.1 Å². The molecule has 2 rings (SSSR count). The second kappa shape index (κ2) is 3.53. The second-order valence-electron chi connectivity index (χ2n) is 2.72. The van der Waals surface area contributed by atoms with E-state index in [1.165, 1.54) is 0 Å². The number of fused-ring (bicyclic) bond motifs is 1. The van der Waals surface area contributed by atoms with E-state index in [2.05, 4.69) is 0 Å². The van der Waals surface area contributed by atoms with Crippen molar-refractivity contribution in [3.63, 3.8) is 0 Å². The van der Waals surface area contributed by atoms with E-state index >= 15 is 0 Å². The minimum Gasteiger partial charge on any atom is -0.454 e. The number of halogens is 1. The van der Waals surface area contributed by atoms with Crippen LogP contribution < -0.4 is 9.47 Å². The van der Waals surface area contributed by atoms with Crippen molar-refractivity contribution in [1.29, 1.82) is 0 Å². The van der Waals surface area contributed by atoms with E-state index in [1.807, 2.05) is 18.2 Å². The Labute approximate surface area is 89.2 Å². The van der Waals surface area contributed by atoms with Crippen molar-refractivity contribution in [3.05, 3.63) is 23.8 Å². The number of ether oxygens (including phenoxy) is 2. The maximum Gasteiger partial charge on any atom is 0.231 e. The van der Waals surface area contributed by atoms with Gasteiger partial charge < -0.3 is 9.47 Å². The molecule has 1 aromatic carbocycles. The van der Waals surface area contributed by atoms with Gasteiger partial charge in [-0.25, -0.2) is 0 Å². The van der Waals surface area contributed by atoms with Gasteiger partial charge in [-0.1, -0.05) is 6.07 Å². The van der Waals surface area contributed by atoms with Crippen molar-refractivity contribution in [2.75, 3.05) is 6.79 Å². The molecule has 4 heteroatoms. The van der Waals surface area contributed by atoms with Crippen LogP contribution in [0.5, 0.6) is 11.5 Å². The highest BCUT2D eigenvalue weighted by atomic mass is 127. The third-order valence-electron chi connectivity index (χ3n) is 1.78. The Hall–Kier alpha value is -0.780. The Balaban J connectivity index is 2.25. The topological polar surface area (TPSA) is 35.5 Å². The number of hydrogen-bond donors (Lipinski definition) is 0. The summed E-state index contributed by atoms with van der Waals surface area (Å²) in [6, 6.07) is 5.56. The van der Waals surface area contributed by atoms with Gasteiger partial charge in [-0.2, -0.15) is 0 Å². The van der Waals surface area contributed by atoms with Gasteiger partial charge in [0.15, 0.2) is 15.3 Å². The van der Waals surface area contributed by atoms with Crippen LogP contribution in [0.1, 0.15) is 5.56 Å². The van der Waals surface area contributed by atoms with Crippen molar-refractivity contribution in [3.8, 4) is 11.5 Å². The molecule has 68 valence electrons. The summed E-state index contributed by atoms with van der Waals surface area (Å²) >= 11 is 1.78. The van der Waals surface area contributed by atoms with Crippen LogP contribution in [0.25, 0.3) is 0 Å². The fourth-order valence-electron chi connectivity index (χ4n) is 1.21. The van der Waals surface area contributed by atoms with Crippen LogP contribution in [0, 0.1) is 0 Å². The third-order valence-corrected chi connectivity index (χ3v) is 2.16. The van der Waals surface area contributed by atoms with E-state index in [9.17, 15) is 4.79 Å². The van der Waals surface area contributed by atoms with Crippen molar-refractivity contribution in [2.24, 2.45) is 0 Å². The van der Waals surface area contributed by atoms with Crippen LogP contribution in [0.2, 0.25) is 0 Å². The summed E-state index contributed by atoms with van der Waals surface area (Å²) in [6.45, 7) is 0.275. The van der Waals surface area contributed by atoms with Crippen molar-refractivity contribution in [2.45, 2.75) is 6.42 Å². The largest absolute Gasteiger partial charge is 0.454 e. The Morgan fingerprint density at radius 2 is 2.15 bits per heavy atom. The molecule has 3 nitrogen and oxygen atoms in total. The molecule has 0 atom stereocenters. The quantitative estimate of drug-likeness (QED) is 0.616. The van der Waals surface area contributed by atoms with Gasteiger partial charge in [0.2, 0.25) is 6.79 Å². The Morgan fingerprint density at radius 1 is 1.38 bits per heavy atom. The first-order valence-corrected chi connectivity index (χ1v) is 4.90. The molecule has 1 aliphatic rings. The molecule has 0 saturated carbocycles. The minimum atomic E-state index is 0.122. The van der Waals surface area contributed by atoms with Gasteiger partial charge in [-0.3, -0.25) is 4.79 Å². The zero-order valence-corrected chi connectivity index (χ0v) is 8.91. The van der Waals surface area contributed by atoms with Crippen LogP contribution in [-0.4, -0.2) is 10.6 Å². The first-order valence-electron chi connectivity index (χ1n) is 3.82. The normalized spacial score (nSPS) is 13.0. The minimum absolute atomic E-state index is 0.122. The van der Waals surface area contributed by atoms with Gasteiger partial charge in [0.1, 0.15) is 0 Å². The van der Waals surface area contributed by atoms with Crippen LogP contribution >= 0.6 is 22.6 Å². The number of hydrogen-bond acceptors (Lipinski definition) is 3. The first kappa shape index (κ1) is 8.80. The predicted octanol–water partition coefficient (Wildman–Crippen LogP) is 1.92. The van der Waals surface area contributed by atoms with Gasteiger partial charge in [-0.05, 0) is 40.3 Å². The number of carbonyl (C=O) groups excluding carboxylic acids is 1. The molecule has 0 spiro atoms. The maximum absolute atomic E-state index is 10.8. The molecule has 1 aromatic rings. The highest BCUT2D eigenvalue weighted by Gasteiger charge is 2.13. The summed E-state index contributed by atoms with van der Waals surface area (Å²) in [5.41, 5.74) is 0.962. The molecule has 0 aliphatic carbocycles. The second-order valence-corrected chi connectivity index (χ2v) is 3.92. The average molecular weight is 290 g/mol. The molecule has 0 radical (unpaired) electrons. The highest BCUT2D eigenvalue weighted by Crippen LogP contribution is 2.32. The molecular formula is C9H7IO3. The molecule has 0 aromatic heterocycles. The predicted molar refractivity (Wildman–Crippen MR) is 55.3 cm³/mol. The third kappa shape index (κ3) is 1.93. The Morgan fingerprint density at radius 3 is 2.92 bits per heavy atom. The summed E-state index contributed by atoms with van der Waals surface area (Å²) in [4.78, 5) is 10.8. The highest BCUT2D eigenvalue weighted by molar-refractivity contribution is 14.1. The van der Waals surface area contributed by atoms with Crippen molar-refractivity contribution in [1.82, 2.24) is 0 Å². The zero-order chi connectivity index (χ0) is 9.26. The van der Waals surface area contributed by atoms with E-state index in [-0.39, 0.29) is 10.6 Å². The van der Waals surface area contributed by atoms with Crippen LogP contribution in [0.15, 0.2) is 18.2 Å². The lowest BCUT2D eigenvalue weighted by atomic mass is 10.1. The van der Waals surface area contributed by atoms with Crippen LogP contribution in [-0.2, 0) is 11.2 Å². The summed E-state index contributed by atoms with van der Waals surface area (Å²) in [7, 11) is 0. The van der Waals surface area contributed by atoms with E-state index in [1.54, 1.807) is 22.6 Å². The molecule has 13 heavy (non-hydrogen) atoms. The fourth-order valence-corrected chi connectivity index (χ4v) is 1.65.